The van der Waals surface area contributed by atoms with Gasteiger partial charge in [-0.2, -0.15) is 0 Å². The predicted octanol–water partition coefficient (Wildman–Crippen LogP) is 4.28. The summed E-state index contributed by atoms with van der Waals surface area (Å²) in [6.07, 6.45) is 0. The van der Waals surface area contributed by atoms with Gasteiger partial charge in [-0.05, 0) is 30.3 Å². The second-order valence-corrected chi connectivity index (χ2v) is 7.26. The quantitative estimate of drug-likeness (QED) is 0.596. The molecule has 7 nitrogen and oxygen atoms in total. The van der Waals surface area contributed by atoms with E-state index in [0.29, 0.717) is 40.0 Å². The van der Waals surface area contributed by atoms with Gasteiger partial charge in [0.15, 0.2) is 18.3 Å². The zero-order chi connectivity index (χ0) is 18.2. The summed E-state index contributed by atoms with van der Waals surface area (Å²) in [5.41, 5.74) is 2.68. The maximum Gasteiger partial charge on any atom is 0.277 e. The Bertz CT molecular complexity index is 1010. The van der Waals surface area contributed by atoms with E-state index in [4.69, 9.17) is 35.0 Å². The molecule has 0 fully saturated rings. The number of aromatic nitrogens is 2. The third-order valence-corrected chi connectivity index (χ3v) is 5.21. The van der Waals surface area contributed by atoms with Gasteiger partial charge in [-0.3, -0.25) is 0 Å². The minimum absolute atomic E-state index is 0.223. The van der Waals surface area contributed by atoms with Crippen molar-refractivity contribution in [3.8, 4) is 28.7 Å². The van der Waals surface area contributed by atoms with Crippen LogP contribution < -0.4 is 14.2 Å². The fourth-order valence-corrected chi connectivity index (χ4v) is 3.91. The van der Waals surface area contributed by atoms with Gasteiger partial charge < -0.3 is 23.4 Å². The number of fused-ring (bicyclic) bond motifs is 2. The first-order valence-electron chi connectivity index (χ1n) is 8.14. The molecule has 0 atom stereocenters. The van der Waals surface area contributed by atoms with Crippen LogP contribution in [-0.2, 0) is 17.1 Å². The number of thioether (sulfide) groups is 1. The number of halogens is 1. The van der Waals surface area contributed by atoms with E-state index in [1.165, 1.54) is 11.8 Å². The lowest BCUT2D eigenvalue weighted by Crippen LogP contribution is -2.12. The lowest BCUT2D eigenvalue weighted by atomic mass is 10.1. The summed E-state index contributed by atoms with van der Waals surface area (Å²) in [5, 5.41) is 9.33. The highest BCUT2D eigenvalue weighted by Crippen LogP contribution is 2.38. The Morgan fingerprint density at radius 3 is 2.89 bits per heavy atom. The lowest BCUT2D eigenvalue weighted by molar-refractivity contribution is -0.0168. The van der Waals surface area contributed by atoms with Gasteiger partial charge in [0.25, 0.3) is 5.22 Å². The van der Waals surface area contributed by atoms with E-state index >= 15 is 0 Å². The summed E-state index contributed by atoms with van der Waals surface area (Å²) >= 11 is 7.62. The van der Waals surface area contributed by atoms with E-state index in [1.54, 1.807) is 0 Å². The van der Waals surface area contributed by atoms with Gasteiger partial charge in [-0.25, -0.2) is 0 Å². The number of rotatable bonds is 4. The fourth-order valence-electron chi connectivity index (χ4n) is 2.92. The SMILES string of the molecule is Clc1cc2c(c(CSc3nnc(-c4ccc5c(c4)OCO5)o3)c1)OCOC2. The maximum absolute atomic E-state index is 6.20. The van der Waals surface area contributed by atoms with Gasteiger partial charge in [0.2, 0.25) is 12.7 Å². The van der Waals surface area contributed by atoms with Crippen LogP contribution in [0.3, 0.4) is 0 Å². The second kappa shape index (κ2) is 6.95. The molecule has 0 aliphatic carbocycles. The number of ether oxygens (including phenoxy) is 4. The maximum atomic E-state index is 6.20. The molecule has 0 radical (unpaired) electrons. The average Bonchev–Trinajstić information content (AvgIpc) is 3.34. The molecule has 0 unspecified atom stereocenters. The van der Waals surface area contributed by atoms with Crippen LogP contribution in [0.5, 0.6) is 17.2 Å². The molecule has 138 valence electrons. The Kier molecular flexibility index (Phi) is 4.31. The van der Waals surface area contributed by atoms with Crippen molar-refractivity contribution in [2.75, 3.05) is 13.6 Å². The monoisotopic (exact) mass is 404 g/mol. The summed E-state index contributed by atoms with van der Waals surface area (Å²) in [6, 6.07) is 9.25. The summed E-state index contributed by atoms with van der Waals surface area (Å²) in [6.45, 7) is 0.949. The zero-order valence-electron chi connectivity index (χ0n) is 13.9. The first-order chi connectivity index (χ1) is 13.3. The topological polar surface area (TPSA) is 75.8 Å². The first kappa shape index (κ1) is 16.7. The molecule has 3 aromatic rings. The van der Waals surface area contributed by atoms with Gasteiger partial charge in [0.1, 0.15) is 5.75 Å². The molecule has 2 aromatic carbocycles. The second-order valence-electron chi connectivity index (χ2n) is 5.89. The largest absolute Gasteiger partial charge is 0.467 e. The summed E-state index contributed by atoms with van der Waals surface area (Å²) < 4.78 is 27.4. The van der Waals surface area contributed by atoms with Crippen molar-refractivity contribution in [3.05, 3.63) is 46.5 Å². The summed E-state index contributed by atoms with van der Waals surface area (Å²) in [5.74, 6) is 3.21. The van der Waals surface area contributed by atoms with Crippen molar-refractivity contribution < 1.29 is 23.4 Å². The highest BCUT2D eigenvalue weighted by atomic mass is 35.5. The molecule has 0 saturated carbocycles. The van der Waals surface area contributed by atoms with Crippen molar-refractivity contribution >= 4 is 23.4 Å². The smallest absolute Gasteiger partial charge is 0.277 e. The molecule has 0 spiro atoms. The summed E-state index contributed by atoms with van der Waals surface area (Å²) in [4.78, 5) is 0. The standard InChI is InChI=1S/C18H13ClN2O5S/c19-13-3-11-6-22-8-25-16(11)12(4-13)7-27-18-21-20-17(26-18)10-1-2-14-15(5-10)24-9-23-14/h1-5H,6-9H2. The molecule has 2 aliphatic heterocycles. The number of hydrogen-bond acceptors (Lipinski definition) is 8. The Morgan fingerprint density at radius 2 is 1.93 bits per heavy atom. The van der Waals surface area contributed by atoms with Crippen LogP contribution in [-0.4, -0.2) is 23.8 Å². The fraction of sp³-hybridized carbons (Fsp3) is 0.222. The number of nitrogens with zero attached hydrogens (tertiary/aromatic N) is 2. The van der Waals surface area contributed by atoms with E-state index in [0.717, 1.165) is 22.4 Å². The average molecular weight is 405 g/mol. The molecule has 0 amide bonds. The first-order valence-corrected chi connectivity index (χ1v) is 9.51. The van der Waals surface area contributed by atoms with E-state index < -0.39 is 0 Å². The van der Waals surface area contributed by atoms with E-state index in [9.17, 15) is 0 Å². The molecular weight excluding hydrogens is 392 g/mol. The van der Waals surface area contributed by atoms with Crippen LogP contribution in [0.4, 0.5) is 0 Å². The van der Waals surface area contributed by atoms with Gasteiger partial charge in [0.05, 0.1) is 6.61 Å². The molecule has 5 rings (SSSR count). The van der Waals surface area contributed by atoms with Crippen LogP contribution in [0.2, 0.25) is 5.02 Å². The van der Waals surface area contributed by atoms with Gasteiger partial charge >= 0.3 is 0 Å². The normalized spacial score (nSPS) is 14.7. The van der Waals surface area contributed by atoms with E-state index in [-0.39, 0.29) is 13.6 Å². The van der Waals surface area contributed by atoms with Crippen molar-refractivity contribution in [3.63, 3.8) is 0 Å². The number of hydrogen-bond donors (Lipinski definition) is 0. The van der Waals surface area contributed by atoms with Crippen LogP contribution in [0.15, 0.2) is 40.0 Å². The third-order valence-electron chi connectivity index (χ3n) is 4.13. The molecule has 0 saturated heterocycles. The molecule has 3 heterocycles. The van der Waals surface area contributed by atoms with Crippen LogP contribution in [0, 0.1) is 0 Å². The van der Waals surface area contributed by atoms with Gasteiger partial charge in [-0.15, -0.1) is 10.2 Å². The van der Waals surface area contributed by atoms with Crippen molar-refractivity contribution in [2.24, 2.45) is 0 Å². The minimum atomic E-state index is 0.223. The van der Waals surface area contributed by atoms with Crippen molar-refractivity contribution in [2.45, 2.75) is 17.6 Å². The molecular formula is C18H13ClN2O5S. The van der Waals surface area contributed by atoms with Crippen LogP contribution in [0.25, 0.3) is 11.5 Å². The predicted molar refractivity (Wildman–Crippen MR) is 97.2 cm³/mol. The lowest BCUT2D eigenvalue weighted by Gasteiger charge is -2.20. The molecule has 27 heavy (non-hydrogen) atoms. The Balaban J connectivity index is 1.34. The molecule has 2 aliphatic rings. The number of benzene rings is 2. The molecule has 1 aromatic heterocycles. The Labute approximate surface area is 163 Å². The molecule has 9 heteroatoms. The summed E-state index contributed by atoms with van der Waals surface area (Å²) in [7, 11) is 0. The van der Waals surface area contributed by atoms with Crippen LogP contribution in [0.1, 0.15) is 11.1 Å². The van der Waals surface area contributed by atoms with Crippen LogP contribution >= 0.6 is 23.4 Å². The van der Waals surface area contributed by atoms with E-state index in [1.807, 2.05) is 30.3 Å². The Morgan fingerprint density at radius 1 is 1.00 bits per heavy atom. The highest BCUT2D eigenvalue weighted by molar-refractivity contribution is 7.98. The zero-order valence-corrected chi connectivity index (χ0v) is 15.5. The minimum Gasteiger partial charge on any atom is -0.467 e. The van der Waals surface area contributed by atoms with Crippen molar-refractivity contribution in [1.82, 2.24) is 10.2 Å². The van der Waals surface area contributed by atoms with E-state index in [2.05, 4.69) is 10.2 Å². The van der Waals surface area contributed by atoms with Crippen molar-refractivity contribution in [1.29, 1.82) is 0 Å². The third kappa shape index (κ3) is 3.31. The Hall–Kier alpha value is -2.42. The molecule has 0 N–H and O–H groups in total. The van der Waals surface area contributed by atoms with Gasteiger partial charge in [-0.1, -0.05) is 23.4 Å². The highest BCUT2D eigenvalue weighted by Gasteiger charge is 2.19. The molecule has 0 bridgehead atoms. The van der Waals surface area contributed by atoms with Gasteiger partial charge in [0, 0.05) is 27.5 Å².